The second-order valence-electron chi connectivity index (χ2n) is 4.27. The Morgan fingerprint density at radius 3 is 2.82 bits per heavy atom. The van der Waals surface area contributed by atoms with Crippen LogP contribution < -0.4 is 0 Å². The zero-order chi connectivity index (χ0) is 12.1. The number of ether oxygens (including phenoxy) is 1. The number of rotatable bonds is 3. The number of piperidine rings is 1. The zero-order valence-electron chi connectivity index (χ0n) is 10.0. The van der Waals surface area contributed by atoms with Crippen molar-refractivity contribution < 1.29 is 9.53 Å². The van der Waals surface area contributed by atoms with E-state index in [0.717, 1.165) is 38.2 Å². The van der Waals surface area contributed by atoms with E-state index in [9.17, 15) is 4.79 Å². The molecule has 5 heteroatoms. The van der Waals surface area contributed by atoms with Gasteiger partial charge in [0.15, 0.2) is 0 Å². The average Bonchev–Trinajstić information content (AvgIpc) is 2.40. The zero-order valence-corrected chi connectivity index (χ0v) is 10.0. The molecule has 0 spiro atoms. The van der Waals surface area contributed by atoms with Crippen LogP contribution in [-0.2, 0) is 16.1 Å². The number of hydrogen-bond donors (Lipinski definition) is 0. The fraction of sp³-hybridized carbons (Fsp3) is 0.583. The summed E-state index contributed by atoms with van der Waals surface area (Å²) in [5.74, 6) is -0.0118. The van der Waals surface area contributed by atoms with Crippen LogP contribution in [0.5, 0.6) is 0 Å². The van der Waals surface area contributed by atoms with Gasteiger partial charge in [-0.25, -0.2) is 0 Å². The predicted octanol–water partition coefficient (Wildman–Crippen LogP) is 0.862. The molecule has 0 bridgehead atoms. The number of likely N-dealkylation sites (tertiary alicyclic amines) is 1. The van der Waals surface area contributed by atoms with E-state index in [0.29, 0.717) is 0 Å². The van der Waals surface area contributed by atoms with Crippen LogP contribution in [-0.4, -0.2) is 41.0 Å². The lowest BCUT2D eigenvalue weighted by atomic mass is 9.97. The number of methoxy groups -OCH3 is 1. The van der Waals surface area contributed by atoms with E-state index in [1.165, 1.54) is 7.11 Å². The Balaban J connectivity index is 1.82. The first-order chi connectivity index (χ1) is 8.29. The molecule has 1 saturated heterocycles. The molecule has 1 fully saturated rings. The molecule has 0 atom stereocenters. The largest absolute Gasteiger partial charge is 0.469 e. The first-order valence-corrected chi connectivity index (χ1v) is 5.84. The monoisotopic (exact) mass is 235 g/mol. The summed E-state index contributed by atoms with van der Waals surface area (Å²) >= 11 is 0. The van der Waals surface area contributed by atoms with E-state index in [2.05, 4.69) is 14.9 Å². The molecule has 1 aliphatic rings. The van der Waals surface area contributed by atoms with Crippen molar-refractivity contribution in [3.63, 3.8) is 0 Å². The predicted molar refractivity (Wildman–Crippen MR) is 62.0 cm³/mol. The third-order valence-corrected chi connectivity index (χ3v) is 3.12. The van der Waals surface area contributed by atoms with Gasteiger partial charge in [-0.05, 0) is 25.9 Å². The molecule has 2 rings (SSSR count). The Bertz CT molecular complexity index is 361. The van der Waals surface area contributed by atoms with Gasteiger partial charge < -0.3 is 4.74 Å². The van der Waals surface area contributed by atoms with Crippen molar-refractivity contribution in [3.8, 4) is 0 Å². The number of esters is 1. The number of carbonyl (C=O) groups is 1. The fourth-order valence-electron chi connectivity index (χ4n) is 2.13. The summed E-state index contributed by atoms with van der Waals surface area (Å²) < 4.78 is 4.76. The Labute approximate surface area is 101 Å². The Kier molecular flexibility index (Phi) is 4.03. The van der Waals surface area contributed by atoms with Crippen LogP contribution in [0.25, 0.3) is 0 Å². The van der Waals surface area contributed by atoms with Gasteiger partial charge in [-0.1, -0.05) is 0 Å². The minimum absolute atomic E-state index is 0.0677. The molecule has 1 aromatic rings. The van der Waals surface area contributed by atoms with Crippen molar-refractivity contribution in [1.82, 2.24) is 14.9 Å². The van der Waals surface area contributed by atoms with Gasteiger partial charge in [-0.3, -0.25) is 19.7 Å². The molecule has 17 heavy (non-hydrogen) atoms. The molecule has 0 saturated carbocycles. The smallest absolute Gasteiger partial charge is 0.308 e. The van der Waals surface area contributed by atoms with Gasteiger partial charge in [-0.2, -0.15) is 0 Å². The van der Waals surface area contributed by atoms with E-state index in [1.54, 1.807) is 18.6 Å². The lowest BCUT2D eigenvalue weighted by Gasteiger charge is -2.30. The molecule has 0 aromatic carbocycles. The summed E-state index contributed by atoms with van der Waals surface area (Å²) in [6, 6.07) is 0. The maximum absolute atomic E-state index is 11.4. The maximum Gasteiger partial charge on any atom is 0.308 e. The molecule has 0 N–H and O–H groups in total. The molecular formula is C12H17N3O2. The molecule has 0 amide bonds. The summed E-state index contributed by atoms with van der Waals surface area (Å²) in [7, 11) is 1.45. The van der Waals surface area contributed by atoms with Gasteiger partial charge in [0.2, 0.25) is 0 Å². The fourth-order valence-corrected chi connectivity index (χ4v) is 2.13. The van der Waals surface area contributed by atoms with Crippen LogP contribution in [0.4, 0.5) is 0 Å². The van der Waals surface area contributed by atoms with E-state index in [1.807, 2.05) is 0 Å². The molecule has 5 nitrogen and oxygen atoms in total. The summed E-state index contributed by atoms with van der Waals surface area (Å²) in [5.41, 5.74) is 0.976. The van der Waals surface area contributed by atoms with Crippen LogP contribution in [0, 0.1) is 5.92 Å². The van der Waals surface area contributed by atoms with Gasteiger partial charge in [0.05, 0.1) is 18.7 Å². The highest BCUT2D eigenvalue weighted by atomic mass is 16.5. The van der Waals surface area contributed by atoms with Gasteiger partial charge in [0, 0.05) is 25.1 Å². The highest BCUT2D eigenvalue weighted by Crippen LogP contribution is 2.19. The van der Waals surface area contributed by atoms with Gasteiger partial charge in [-0.15, -0.1) is 0 Å². The van der Waals surface area contributed by atoms with Crippen molar-refractivity contribution in [1.29, 1.82) is 0 Å². The van der Waals surface area contributed by atoms with E-state index in [4.69, 9.17) is 4.74 Å². The van der Waals surface area contributed by atoms with Crippen LogP contribution >= 0.6 is 0 Å². The van der Waals surface area contributed by atoms with Crippen LogP contribution in [0.1, 0.15) is 18.5 Å². The number of carbonyl (C=O) groups excluding carboxylic acids is 1. The van der Waals surface area contributed by atoms with Gasteiger partial charge in [0.1, 0.15) is 0 Å². The summed E-state index contributed by atoms with van der Waals surface area (Å²) in [6.45, 7) is 2.63. The average molecular weight is 235 g/mol. The van der Waals surface area contributed by atoms with Crippen LogP contribution in [0.2, 0.25) is 0 Å². The highest BCUT2D eigenvalue weighted by Gasteiger charge is 2.25. The van der Waals surface area contributed by atoms with Crippen molar-refractivity contribution in [2.45, 2.75) is 19.4 Å². The minimum Gasteiger partial charge on any atom is -0.469 e. The quantitative estimate of drug-likeness (QED) is 0.727. The normalized spacial score (nSPS) is 17.9. The lowest BCUT2D eigenvalue weighted by molar-refractivity contribution is -0.147. The molecule has 2 heterocycles. The first kappa shape index (κ1) is 12.0. The van der Waals surface area contributed by atoms with Crippen LogP contribution in [0.15, 0.2) is 18.6 Å². The number of aromatic nitrogens is 2. The van der Waals surface area contributed by atoms with Crippen LogP contribution in [0.3, 0.4) is 0 Å². The molecule has 1 aromatic heterocycles. The molecule has 0 aliphatic carbocycles. The van der Waals surface area contributed by atoms with E-state index in [-0.39, 0.29) is 11.9 Å². The van der Waals surface area contributed by atoms with Crippen molar-refractivity contribution >= 4 is 5.97 Å². The molecule has 92 valence electrons. The van der Waals surface area contributed by atoms with Crippen molar-refractivity contribution in [2.75, 3.05) is 20.2 Å². The van der Waals surface area contributed by atoms with Gasteiger partial charge in [0.25, 0.3) is 0 Å². The molecule has 0 radical (unpaired) electrons. The van der Waals surface area contributed by atoms with E-state index < -0.39 is 0 Å². The maximum atomic E-state index is 11.4. The Morgan fingerprint density at radius 1 is 1.47 bits per heavy atom. The number of nitrogens with zero attached hydrogens (tertiary/aromatic N) is 3. The standard InChI is InChI=1S/C12H17N3O2/c1-17-12(16)10-2-6-15(7-3-10)9-11-8-13-4-5-14-11/h4-5,8,10H,2-3,6-7,9H2,1H3. The summed E-state index contributed by atoms with van der Waals surface area (Å²) in [5, 5.41) is 0. The third-order valence-electron chi connectivity index (χ3n) is 3.12. The SMILES string of the molecule is COC(=O)C1CCN(Cc2cnccn2)CC1. The molecular weight excluding hydrogens is 218 g/mol. The Hall–Kier alpha value is -1.49. The minimum atomic E-state index is -0.0795. The molecule has 1 aliphatic heterocycles. The van der Waals surface area contributed by atoms with Gasteiger partial charge >= 0.3 is 5.97 Å². The molecule has 0 unspecified atom stereocenters. The van der Waals surface area contributed by atoms with Crippen molar-refractivity contribution in [3.05, 3.63) is 24.3 Å². The summed E-state index contributed by atoms with van der Waals surface area (Å²) in [4.78, 5) is 22.0. The van der Waals surface area contributed by atoms with Crippen molar-refractivity contribution in [2.24, 2.45) is 5.92 Å². The number of hydrogen-bond acceptors (Lipinski definition) is 5. The lowest BCUT2D eigenvalue weighted by Crippen LogP contribution is -2.36. The highest BCUT2D eigenvalue weighted by molar-refractivity contribution is 5.72. The second-order valence-corrected chi connectivity index (χ2v) is 4.27. The first-order valence-electron chi connectivity index (χ1n) is 5.84. The third kappa shape index (κ3) is 3.23. The van der Waals surface area contributed by atoms with E-state index >= 15 is 0 Å². The second kappa shape index (κ2) is 5.72. The Morgan fingerprint density at radius 2 is 2.24 bits per heavy atom. The summed E-state index contributed by atoms with van der Waals surface area (Å²) in [6.07, 6.45) is 6.90. The topological polar surface area (TPSA) is 55.3 Å².